The monoisotopic (exact) mass is 529 g/mol. The van der Waals surface area contributed by atoms with Crippen molar-refractivity contribution in [2.75, 3.05) is 19.8 Å². The van der Waals surface area contributed by atoms with E-state index in [0.29, 0.717) is 49.2 Å². The molecular weight excluding hydrogens is 504 g/mol. The molecule has 3 N–H and O–H groups in total. The summed E-state index contributed by atoms with van der Waals surface area (Å²) in [6, 6.07) is 9.35. The Balaban J connectivity index is 1.40. The summed E-state index contributed by atoms with van der Waals surface area (Å²) in [5, 5.41) is 7.14. The summed E-state index contributed by atoms with van der Waals surface area (Å²) in [4.78, 5) is 16.4. The van der Waals surface area contributed by atoms with Crippen LogP contribution in [0.4, 0.5) is 8.78 Å². The van der Waals surface area contributed by atoms with Gasteiger partial charge in [0.15, 0.2) is 0 Å². The van der Waals surface area contributed by atoms with Gasteiger partial charge in [-0.1, -0.05) is 18.7 Å². The van der Waals surface area contributed by atoms with Gasteiger partial charge in [0.25, 0.3) is 0 Å². The largest absolute Gasteiger partial charge is 0.381 e. The second-order valence-electron chi connectivity index (χ2n) is 8.36. The third-order valence-corrected chi connectivity index (χ3v) is 6.62. The zero-order valence-corrected chi connectivity index (χ0v) is 20.2. The molecule has 34 heavy (non-hydrogen) atoms. The molecule has 2 heterocycles. The fourth-order valence-corrected chi connectivity index (χ4v) is 4.52. The van der Waals surface area contributed by atoms with Gasteiger partial charge in [0.1, 0.15) is 17.2 Å². The topological polar surface area (TPSA) is 66.2 Å². The minimum Gasteiger partial charge on any atom is -0.381 e. The summed E-state index contributed by atoms with van der Waals surface area (Å²) in [6.45, 7) is 5.39. The van der Waals surface area contributed by atoms with E-state index < -0.39 is 5.54 Å². The maximum absolute atomic E-state index is 13.6. The van der Waals surface area contributed by atoms with E-state index in [0.717, 1.165) is 22.0 Å². The molecule has 0 atom stereocenters. The Hall–Kier alpha value is -2.97. The average Bonchev–Trinajstić information content (AvgIpc) is 3.22. The van der Waals surface area contributed by atoms with Gasteiger partial charge >= 0.3 is 0 Å². The number of carbonyl (C=O) groups is 1. The Kier molecular flexibility index (Phi) is 7.48. The van der Waals surface area contributed by atoms with Crippen LogP contribution in [0.2, 0.25) is 0 Å². The van der Waals surface area contributed by atoms with Crippen molar-refractivity contribution in [2.24, 2.45) is 0 Å². The van der Waals surface area contributed by atoms with Crippen LogP contribution in [-0.2, 0) is 16.0 Å². The third kappa shape index (κ3) is 5.56. The molecule has 2 aromatic carbocycles. The van der Waals surface area contributed by atoms with Gasteiger partial charge < -0.3 is 20.4 Å². The minimum atomic E-state index is -0.838. The van der Waals surface area contributed by atoms with Crippen LogP contribution in [0.1, 0.15) is 24.0 Å². The smallest absolute Gasteiger partial charge is 0.245 e. The van der Waals surface area contributed by atoms with Gasteiger partial charge in [-0.2, -0.15) is 0 Å². The Labute approximate surface area is 205 Å². The molecule has 0 radical (unpaired) electrons. The Morgan fingerprint density at radius 3 is 2.76 bits per heavy atom. The molecule has 1 aliphatic heterocycles. The Morgan fingerprint density at radius 2 is 2.00 bits per heavy atom. The number of amides is 1. The highest BCUT2D eigenvalue weighted by Crippen LogP contribution is 2.24. The first-order valence-electron chi connectivity index (χ1n) is 11.1. The van der Waals surface area contributed by atoms with E-state index >= 15 is 0 Å². The van der Waals surface area contributed by atoms with Gasteiger partial charge in [-0.05, 0) is 69.9 Å². The SMILES string of the molecule is C=C(/C=C/c1ccc(F)c(Br)c1)NC1(C(=O)NCCc2c[nH]c3ccc(F)cc23)CCOCC1. The Morgan fingerprint density at radius 1 is 1.21 bits per heavy atom. The molecule has 4 rings (SSSR count). The molecule has 178 valence electrons. The zero-order chi connectivity index (χ0) is 24.1. The number of hydrogen-bond acceptors (Lipinski definition) is 3. The van der Waals surface area contributed by atoms with Crippen LogP contribution < -0.4 is 10.6 Å². The number of nitrogens with one attached hydrogen (secondary N) is 3. The van der Waals surface area contributed by atoms with E-state index in [4.69, 9.17) is 4.74 Å². The summed E-state index contributed by atoms with van der Waals surface area (Å²) in [5.41, 5.74) is 2.35. The van der Waals surface area contributed by atoms with E-state index in [1.54, 1.807) is 30.4 Å². The van der Waals surface area contributed by atoms with E-state index in [2.05, 4.69) is 38.1 Å². The van der Waals surface area contributed by atoms with Crippen LogP contribution >= 0.6 is 15.9 Å². The van der Waals surface area contributed by atoms with E-state index in [1.807, 2.05) is 6.20 Å². The van der Waals surface area contributed by atoms with Crippen molar-refractivity contribution in [3.05, 3.63) is 88.2 Å². The lowest BCUT2D eigenvalue weighted by molar-refractivity contribution is -0.131. The molecule has 0 saturated carbocycles. The van der Waals surface area contributed by atoms with Crippen LogP contribution in [-0.4, -0.2) is 36.2 Å². The number of ether oxygens (including phenoxy) is 1. The van der Waals surface area contributed by atoms with Crippen LogP contribution in [0.3, 0.4) is 0 Å². The quantitative estimate of drug-likeness (QED) is 0.350. The molecule has 0 bridgehead atoms. The maximum Gasteiger partial charge on any atom is 0.245 e. The van der Waals surface area contributed by atoms with Gasteiger partial charge in [-0.25, -0.2) is 8.78 Å². The number of carbonyl (C=O) groups excluding carboxylic acids is 1. The van der Waals surface area contributed by atoms with Gasteiger partial charge in [0, 0.05) is 55.4 Å². The molecule has 0 spiro atoms. The van der Waals surface area contributed by atoms with Crippen molar-refractivity contribution < 1.29 is 18.3 Å². The lowest BCUT2D eigenvalue weighted by Gasteiger charge is -2.37. The number of hydrogen-bond donors (Lipinski definition) is 3. The number of aromatic amines is 1. The van der Waals surface area contributed by atoms with E-state index in [9.17, 15) is 13.6 Å². The predicted molar refractivity (Wildman–Crippen MR) is 133 cm³/mol. The number of aromatic nitrogens is 1. The highest BCUT2D eigenvalue weighted by Gasteiger charge is 2.39. The molecule has 1 amide bonds. The highest BCUT2D eigenvalue weighted by atomic mass is 79.9. The molecule has 1 saturated heterocycles. The average molecular weight is 530 g/mol. The number of H-pyrrole nitrogens is 1. The summed E-state index contributed by atoms with van der Waals surface area (Å²) in [5.74, 6) is -0.743. The molecule has 0 unspecified atom stereocenters. The summed E-state index contributed by atoms with van der Waals surface area (Å²) >= 11 is 3.18. The molecule has 1 fully saturated rings. The number of halogens is 3. The molecule has 5 nitrogen and oxygen atoms in total. The first-order chi connectivity index (χ1) is 16.4. The van der Waals surface area contributed by atoms with Crippen molar-refractivity contribution in [2.45, 2.75) is 24.8 Å². The van der Waals surface area contributed by atoms with Crippen LogP contribution in [0.15, 0.2) is 65.4 Å². The molecule has 1 aliphatic rings. The zero-order valence-electron chi connectivity index (χ0n) is 18.6. The van der Waals surface area contributed by atoms with Gasteiger partial charge in [-0.3, -0.25) is 4.79 Å². The molecule has 1 aromatic heterocycles. The van der Waals surface area contributed by atoms with Gasteiger partial charge in [0.05, 0.1) is 4.47 Å². The number of benzene rings is 2. The first-order valence-corrected chi connectivity index (χ1v) is 11.9. The van der Waals surface area contributed by atoms with E-state index in [-0.39, 0.29) is 17.5 Å². The number of fused-ring (bicyclic) bond motifs is 1. The highest BCUT2D eigenvalue weighted by molar-refractivity contribution is 9.10. The number of rotatable bonds is 8. The van der Waals surface area contributed by atoms with Crippen molar-refractivity contribution in [1.82, 2.24) is 15.6 Å². The van der Waals surface area contributed by atoms with Gasteiger partial charge in [0.2, 0.25) is 5.91 Å². The summed E-state index contributed by atoms with van der Waals surface area (Å²) < 4.78 is 33.0. The molecular formula is C26H26BrF2N3O2. The first kappa shape index (κ1) is 24.2. The van der Waals surface area contributed by atoms with E-state index in [1.165, 1.54) is 18.2 Å². The predicted octanol–water partition coefficient (Wildman–Crippen LogP) is 5.23. The summed E-state index contributed by atoms with van der Waals surface area (Å²) in [6.07, 6.45) is 7.00. The lowest BCUT2D eigenvalue weighted by Crippen LogP contribution is -2.59. The minimum absolute atomic E-state index is 0.124. The standard InChI is InChI=1S/C26H26BrF2N3O2/c1-17(2-3-18-4-6-23(29)22(27)14-18)32-26(9-12-34-13-10-26)25(33)30-11-8-19-16-31-24-7-5-20(28)15-21(19)24/h2-7,14-16,31-32H,1,8-13H2,(H,30,33)/b3-2+. The fraction of sp³-hybridized carbons (Fsp3) is 0.269. The van der Waals surface area contributed by atoms with Crippen molar-refractivity contribution in [1.29, 1.82) is 0 Å². The molecule has 3 aromatic rings. The van der Waals surface area contributed by atoms with Crippen molar-refractivity contribution >= 4 is 38.8 Å². The van der Waals surface area contributed by atoms with Crippen molar-refractivity contribution in [3.8, 4) is 0 Å². The Bertz CT molecular complexity index is 1230. The molecule has 0 aliphatic carbocycles. The maximum atomic E-state index is 13.6. The van der Waals surface area contributed by atoms with Gasteiger partial charge in [-0.15, -0.1) is 0 Å². The van der Waals surface area contributed by atoms with Crippen LogP contribution in [0, 0.1) is 11.6 Å². The summed E-state index contributed by atoms with van der Waals surface area (Å²) in [7, 11) is 0. The normalized spacial score (nSPS) is 15.5. The second-order valence-corrected chi connectivity index (χ2v) is 9.22. The molecule has 8 heteroatoms. The third-order valence-electron chi connectivity index (χ3n) is 6.01. The van der Waals surface area contributed by atoms with Crippen LogP contribution in [0.25, 0.3) is 17.0 Å². The van der Waals surface area contributed by atoms with Crippen molar-refractivity contribution in [3.63, 3.8) is 0 Å². The number of allylic oxidation sites excluding steroid dienone is 1. The van der Waals surface area contributed by atoms with Crippen LogP contribution in [0.5, 0.6) is 0 Å². The lowest BCUT2D eigenvalue weighted by atomic mass is 9.88. The second kappa shape index (κ2) is 10.5. The fourth-order valence-electron chi connectivity index (χ4n) is 4.13.